The highest BCUT2D eigenvalue weighted by atomic mass is 16.1. The molecular weight excluding hydrogens is 260 g/mol. The van der Waals surface area contributed by atoms with Crippen molar-refractivity contribution < 1.29 is 4.79 Å². The van der Waals surface area contributed by atoms with Gasteiger partial charge in [-0.2, -0.15) is 5.10 Å². The third-order valence-electron chi connectivity index (χ3n) is 5.78. The summed E-state index contributed by atoms with van der Waals surface area (Å²) in [6.07, 6.45) is 14.7. The predicted octanol–water partition coefficient (Wildman–Crippen LogP) is 4.47. The van der Waals surface area contributed by atoms with E-state index in [-0.39, 0.29) is 5.41 Å². The van der Waals surface area contributed by atoms with Crippen LogP contribution in [0, 0.1) is 5.41 Å². The van der Waals surface area contributed by atoms with E-state index in [4.69, 9.17) is 5.10 Å². The van der Waals surface area contributed by atoms with Gasteiger partial charge in [-0.1, -0.05) is 39.0 Å². The Hall–Kier alpha value is -1.12. The second kappa shape index (κ2) is 6.33. The van der Waals surface area contributed by atoms with Crippen LogP contribution in [0.5, 0.6) is 0 Å². The van der Waals surface area contributed by atoms with Crippen molar-refractivity contribution >= 4 is 5.78 Å². The normalized spacial score (nSPS) is 22.5. The molecule has 2 saturated carbocycles. The van der Waals surface area contributed by atoms with E-state index in [1.54, 1.807) is 0 Å². The van der Waals surface area contributed by atoms with E-state index in [1.807, 2.05) is 0 Å². The fraction of sp³-hybridized carbons (Fsp3) is 0.778. The number of rotatable bonds is 5. The van der Waals surface area contributed by atoms with Crippen molar-refractivity contribution in [3.63, 3.8) is 0 Å². The van der Waals surface area contributed by atoms with Crippen LogP contribution in [0.1, 0.15) is 82.9 Å². The summed E-state index contributed by atoms with van der Waals surface area (Å²) in [6.45, 7) is 2.17. The topological polar surface area (TPSA) is 34.9 Å². The Labute approximate surface area is 128 Å². The molecule has 0 bridgehead atoms. The van der Waals surface area contributed by atoms with Crippen LogP contribution in [0.4, 0.5) is 0 Å². The Morgan fingerprint density at radius 2 is 1.95 bits per heavy atom. The molecule has 1 aromatic rings. The fourth-order valence-electron chi connectivity index (χ4n) is 4.25. The zero-order valence-electron chi connectivity index (χ0n) is 13.3. The van der Waals surface area contributed by atoms with Crippen molar-refractivity contribution in [3.8, 4) is 0 Å². The first kappa shape index (κ1) is 14.8. The maximum absolute atomic E-state index is 12.7. The Kier molecular flexibility index (Phi) is 4.46. The summed E-state index contributed by atoms with van der Waals surface area (Å²) in [5, 5.41) is 4.71. The maximum Gasteiger partial charge on any atom is 0.145 e. The van der Waals surface area contributed by atoms with Gasteiger partial charge in [0.15, 0.2) is 0 Å². The maximum atomic E-state index is 12.7. The first-order valence-electron chi connectivity index (χ1n) is 8.81. The number of hydrogen-bond donors (Lipinski definition) is 0. The largest absolute Gasteiger partial charge is 0.299 e. The number of hydrogen-bond acceptors (Lipinski definition) is 2. The Morgan fingerprint density at radius 1 is 1.24 bits per heavy atom. The molecule has 0 amide bonds. The van der Waals surface area contributed by atoms with Crippen LogP contribution in [0.3, 0.4) is 0 Å². The molecule has 0 atom stereocenters. The molecule has 3 rings (SSSR count). The Bertz CT molecular complexity index is 479. The molecule has 1 aromatic heterocycles. The van der Waals surface area contributed by atoms with E-state index in [9.17, 15) is 4.79 Å². The molecule has 0 saturated heterocycles. The second-order valence-corrected chi connectivity index (χ2v) is 7.02. The van der Waals surface area contributed by atoms with E-state index in [2.05, 4.69) is 23.9 Å². The summed E-state index contributed by atoms with van der Waals surface area (Å²) in [4.78, 5) is 12.7. The lowest BCUT2D eigenvalue weighted by atomic mass is 9.77. The quantitative estimate of drug-likeness (QED) is 0.801. The van der Waals surface area contributed by atoms with Crippen LogP contribution < -0.4 is 0 Å². The van der Waals surface area contributed by atoms with Crippen LogP contribution >= 0.6 is 0 Å². The molecule has 116 valence electrons. The van der Waals surface area contributed by atoms with Crippen molar-refractivity contribution in [2.75, 3.05) is 0 Å². The van der Waals surface area contributed by atoms with Gasteiger partial charge in [0.25, 0.3) is 0 Å². The molecule has 0 N–H and O–H groups in total. The smallest absolute Gasteiger partial charge is 0.145 e. The third kappa shape index (κ3) is 3.07. The molecular formula is C18H28N2O. The minimum Gasteiger partial charge on any atom is -0.299 e. The molecule has 3 heteroatoms. The highest BCUT2D eigenvalue weighted by Crippen LogP contribution is 2.42. The van der Waals surface area contributed by atoms with Crippen LogP contribution in [0.25, 0.3) is 0 Å². The van der Waals surface area contributed by atoms with Crippen molar-refractivity contribution in [1.29, 1.82) is 0 Å². The number of carbonyl (C=O) groups excluding carboxylic acids is 1. The lowest BCUT2D eigenvalue weighted by Gasteiger charge is -2.25. The standard InChI is InChI=1S/C18H28N2O/c1-2-18(11-6-7-12-18)17(21)14-15-10-13-20(19-15)16-8-4-3-5-9-16/h10,13,16H,2-9,11-12,14H2,1H3. The van der Waals surface area contributed by atoms with E-state index in [0.29, 0.717) is 18.2 Å². The first-order chi connectivity index (χ1) is 10.2. The lowest BCUT2D eigenvalue weighted by Crippen LogP contribution is -2.29. The average molecular weight is 288 g/mol. The number of Topliss-reactive ketones (excluding diaryl/α,β-unsaturated/α-hetero) is 1. The predicted molar refractivity (Wildman–Crippen MR) is 84.3 cm³/mol. The third-order valence-corrected chi connectivity index (χ3v) is 5.78. The van der Waals surface area contributed by atoms with Gasteiger partial charge in [-0.15, -0.1) is 0 Å². The van der Waals surface area contributed by atoms with E-state index < -0.39 is 0 Å². The first-order valence-corrected chi connectivity index (χ1v) is 8.81. The molecule has 0 aromatic carbocycles. The van der Waals surface area contributed by atoms with Gasteiger partial charge in [0.05, 0.1) is 18.2 Å². The monoisotopic (exact) mass is 288 g/mol. The molecule has 0 unspecified atom stereocenters. The van der Waals surface area contributed by atoms with Crippen LogP contribution in [0.15, 0.2) is 12.3 Å². The van der Waals surface area contributed by atoms with E-state index >= 15 is 0 Å². The molecule has 3 nitrogen and oxygen atoms in total. The molecule has 1 heterocycles. The van der Waals surface area contributed by atoms with Gasteiger partial charge in [0.2, 0.25) is 0 Å². The Morgan fingerprint density at radius 3 is 2.62 bits per heavy atom. The van der Waals surface area contributed by atoms with Crippen LogP contribution in [-0.4, -0.2) is 15.6 Å². The highest BCUT2D eigenvalue weighted by molar-refractivity contribution is 5.86. The van der Waals surface area contributed by atoms with E-state index in [0.717, 1.165) is 25.0 Å². The lowest BCUT2D eigenvalue weighted by molar-refractivity contribution is -0.128. The molecule has 2 aliphatic rings. The summed E-state index contributed by atoms with van der Waals surface area (Å²) in [6, 6.07) is 2.62. The molecule has 0 spiro atoms. The number of aromatic nitrogens is 2. The molecule has 21 heavy (non-hydrogen) atoms. The zero-order valence-corrected chi connectivity index (χ0v) is 13.3. The summed E-state index contributed by atoms with van der Waals surface area (Å²) < 4.78 is 2.12. The second-order valence-electron chi connectivity index (χ2n) is 7.02. The zero-order chi connectivity index (χ0) is 14.7. The molecule has 0 aliphatic heterocycles. The SMILES string of the molecule is CCC1(C(=O)Cc2ccn(C3CCCCC3)n2)CCCC1. The molecule has 0 radical (unpaired) electrons. The molecule has 2 fully saturated rings. The van der Waals surface area contributed by atoms with Crippen molar-refractivity contribution in [2.24, 2.45) is 5.41 Å². The van der Waals surface area contributed by atoms with Gasteiger partial charge in [-0.05, 0) is 38.2 Å². The fourth-order valence-corrected chi connectivity index (χ4v) is 4.25. The summed E-state index contributed by atoms with van der Waals surface area (Å²) in [5.41, 5.74) is 0.944. The van der Waals surface area contributed by atoms with Gasteiger partial charge < -0.3 is 0 Å². The van der Waals surface area contributed by atoms with Crippen LogP contribution in [0.2, 0.25) is 0 Å². The summed E-state index contributed by atoms with van der Waals surface area (Å²) in [7, 11) is 0. The number of carbonyl (C=O) groups is 1. The van der Waals surface area contributed by atoms with Crippen LogP contribution in [-0.2, 0) is 11.2 Å². The van der Waals surface area contributed by atoms with Gasteiger partial charge in [-0.3, -0.25) is 9.48 Å². The Balaban J connectivity index is 1.65. The average Bonchev–Trinajstić information content (AvgIpc) is 3.18. The molecule has 2 aliphatic carbocycles. The van der Waals surface area contributed by atoms with Crippen molar-refractivity contribution in [3.05, 3.63) is 18.0 Å². The minimum absolute atomic E-state index is 0.0331. The highest BCUT2D eigenvalue weighted by Gasteiger charge is 2.38. The van der Waals surface area contributed by atoms with Gasteiger partial charge in [0, 0.05) is 11.6 Å². The number of ketones is 1. The van der Waals surface area contributed by atoms with Crippen molar-refractivity contribution in [1.82, 2.24) is 9.78 Å². The van der Waals surface area contributed by atoms with E-state index in [1.165, 1.54) is 44.9 Å². The van der Waals surface area contributed by atoms with Gasteiger partial charge >= 0.3 is 0 Å². The minimum atomic E-state index is -0.0331. The van der Waals surface area contributed by atoms with Gasteiger partial charge in [0.1, 0.15) is 5.78 Å². The summed E-state index contributed by atoms with van der Waals surface area (Å²) in [5.74, 6) is 0.427. The van der Waals surface area contributed by atoms with Crippen molar-refractivity contribution in [2.45, 2.75) is 83.6 Å². The number of nitrogens with zero attached hydrogens (tertiary/aromatic N) is 2. The summed E-state index contributed by atoms with van der Waals surface area (Å²) >= 11 is 0. The van der Waals surface area contributed by atoms with Gasteiger partial charge in [-0.25, -0.2) is 0 Å².